The Morgan fingerprint density at radius 1 is 1.24 bits per heavy atom. The summed E-state index contributed by atoms with van der Waals surface area (Å²) in [6.45, 7) is 0.905. The normalized spacial score (nSPS) is 15.3. The highest BCUT2D eigenvalue weighted by molar-refractivity contribution is 7.18. The van der Waals surface area contributed by atoms with Gasteiger partial charge in [-0.3, -0.25) is 4.98 Å². The highest BCUT2D eigenvalue weighted by Crippen LogP contribution is 2.33. The van der Waals surface area contributed by atoms with Crippen LogP contribution in [0.3, 0.4) is 0 Å². The summed E-state index contributed by atoms with van der Waals surface area (Å²) in [7, 11) is 3.63. The maximum atomic E-state index is 4.99. The maximum Gasteiger partial charge on any atom is 0.125 e. The molecule has 6 nitrogen and oxygen atoms in total. The van der Waals surface area contributed by atoms with Crippen molar-refractivity contribution in [1.82, 2.24) is 15.0 Å². The Balaban J connectivity index is 1.74. The quantitative estimate of drug-likeness (QED) is 0.676. The zero-order valence-corrected chi connectivity index (χ0v) is 14.8. The van der Waals surface area contributed by atoms with Gasteiger partial charge >= 0.3 is 0 Å². The third kappa shape index (κ3) is 2.98. The van der Waals surface area contributed by atoms with Crippen molar-refractivity contribution in [2.75, 3.05) is 25.6 Å². The van der Waals surface area contributed by atoms with Crippen LogP contribution in [0.5, 0.6) is 0 Å². The van der Waals surface area contributed by atoms with Gasteiger partial charge in [0.05, 0.1) is 16.3 Å². The molecule has 0 atom stereocenters. The summed E-state index contributed by atoms with van der Waals surface area (Å²) in [6.07, 6.45) is 6.26. The standard InChI is InChI=1S/C18H17N5OS/c1-23-9-7-14(22-24-2)17-15(23)6-5-13(21-17)16-11-20-18(25-16)12-4-3-8-19-10-12/h3-6,8,10-11H,7,9H2,1-2H3. The smallest absolute Gasteiger partial charge is 0.125 e. The van der Waals surface area contributed by atoms with Gasteiger partial charge in [-0.25, -0.2) is 9.97 Å². The average molecular weight is 351 g/mol. The van der Waals surface area contributed by atoms with Gasteiger partial charge in [-0.1, -0.05) is 5.16 Å². The van der Waals surface area contributed by atoms with Crippen molar-refractivity contribution in [1.29, 1.82) is 0 Å². The number of anilines is 1. The third-order valence-electron chi connectivity index (χ3n) is 4.11. The second-order valence-corrected chi connectivity index (χ2v) is 6.76. The first-order chi connectivity index (χ1) is 12.3. The fourth-order valence-electron chi connectivity index (χ4n) is 2.84. The molecule has 3 aromatic heterocycles. The van der Waals surface area contributed by atoms with E-state index in [1.165, 1.54) is 0 Å². The summed E-state index contributed by atoms with van der Waals surface area (Å²) in [6, 6.07) is 8.04. The van der Waals surface area contributed by atoms with Crippen LogP contribution in [0.15, 0.2) is 48.0 Å². The van der Waals surface area contributed by atoms with Crippen LogP contribution < -0.4 is 4.90 Å². The molecule has 4 rings (SSSR count). The molecule has 0 saturated heterocycles. The minimum atomic E-state index is 0.817. The van der Waals surface area contributed by atoms with Gasteiger partial charge in [-0.2, -0.15) is 0 Å². The Labute approximate surface area is 149 Å². The number of hydrogen-bond acceptors (Lipinski definition) is 7. The number of oxime groups is 1. The Morgan fingerprint density at radius 3 is 2.96 bits per heavy atom. The largest absolute Gasteiger partial charge is 0.399 e. The lowest BCUT2D eigenvalue weighted by Crippen LogP contribution is -2.29. The Kier molecular flexibility index (Phi) is 4.15. The summed E-state index contributed by atoms with van der Waals surface area (Å²) in [5.74, 6) is 0. The van der Waals surface area contributed by atoms with Gasteiger partial charge in [0.2, 0.25) is 0 Å². The molecular formula is C18H17N5OS. The number of aromatic nitrogens is 3. The van der Waals surface area contributed by atoms with E-state index >= 15 is 0 Å². The first-order valence-corrected chi connectivity index (χ1v) is 8.77. The molecule has 0 fully saturated rings. The molecule has 0 aliphatic carbocycles. The van der Waals surface area contributed by atoms with E-state index in [0.29, 0.717) is 0 Å². The van der Waals surface area contributed by atoms with Gasteiger partial charge in [0.15, 0.2) is 0 Å². The van der Waals surface area contributed by atoms with E-state index in [9.17, 15) is 0 Å². The van der Waals surface area contributed by atoms with Crippen molar-refractivity contribution >= 4 is 22.7 Å². The molecule has 0 aromatic carbocycles. The predicted molar refractivity (Wildman–Crippen MR) is 100 cm³/mol. The molecule has 1 aliphatic rings. The lowest BCUT2D eigenvalue weighted by molar-refractivity contribution is 0.212. The van der Waals surface area contributed by atoms with Crippen LogP contribution in [0.4, 0.5) is 5.69 Å². The van der Waals surface area contributed by atoms with Gasteiger partial charge in [-0.05, 0) is 24.3 Å². The zero-order chi connectivity index (χ0) is 17.2. The number of thiazole rings is 1. The Morgan fingerprint density at radius 2 is 2.16 bits per heavy atom. The van der Waals surface area contributed by atoms with Gasteiger partial charge in [0, 0.05) is 44.2 Å². The van der Waals surface area contributed by atoms with Crippen molar-refractivity contribution < 1.29 is 4.84 Å². The lowest BCUT2D eigenvalue weighted by atomic mass is 10.1. The maximum absolute atomic E-state index is 4.99. The second-order valence-electron chi connectivity index (χ2n) is 5.73. The molecule has 0 radical (unpaired) electrons. The fourth-order valence-corrected chi connectivity index (χ4v) is 3.71. The molecule has 0 spiro atoms. The van der Waals surface area contributed by atoms with E-state index in [1.54, 1.807) is 24.6 Å². The van der Waals surface area contributed by atoms with Crippen molar-refractivity contribution in [3.63, 3.8) is 0 Å². The van der Waals surface area contributed by atoms with Gasteiger partial charge in [-0.15, -0.1) is 11.3 Å². The van der Waals surface area contributed by atoms with E-state index in [0.717, 1.165) is 51.2 Å². The van der Waals surface area contributed by atoms with E-state index in [4.69, 9.17) is 9.82 Å². The van der Waals surface area contributed by atoms with E-state index in [-0.39, 0.29) is 0 Å². The van der Waals surface area contributed by atoms with Crippen molar-refractivity contribution in [2.45, 2.75) is 6.42 Å². The molecule has 7 heteroatoms. The SMILES string of the molecule is CON=C1CCN(C)c2ccc(-c3cnc(-c4cccnc4)s3)nc21. The first-order valence-electron chi connectivity index (χ1n) is 7.95. The average Bonchev–Trinajstić information content (AvgIpc) is 3.15. The lowest BCUT2D eigenvalue weighted by Gasteiger charge is -2.27. The van der Waals surface area contributed by atoms with Crippen molar-refractivity contribution in [2.24, 2.45) is 5.16 Å². The molecule has 3 aromatic rings. The minimum absolute atomic E-state index is 0.817. The van der Waals surface area contributed by atoms with Crippen molar-refractivity contribution in [3.05, 3.63) is 48.5 Å². The zero-order valence-electron chi connectivity index (χ0n) is 14.0. The summed E-state index contributed by atoms with van der Waals surface area (Å²) in [5, 5.41) is 5.09. The molecule has 1 aliphatic heterocycles. The highest BCUT2D eigenvalue weighted by Gasteiger charge is 2.22. The van der Waals surface area contributed by atoms with Gasteiger partial charge in [0.25, 0.3) is 0 Å². The Hall–Kier alpha value is -2.80. The van der Waals surface area contributed by atoms with Crippen LogP contribution >= 0.6 is 11.3 Å². The molecular weight excluding hydrogens is 334 g/mol. The van der Waals surface area contributed by atoms with Crippen LogP contribution in [0.1, 0.15) is 12.1 Å². The van der Waals surface area contributed by atoms with Gasteiger partial charge < -0.3 is 9.74 Å². The number of hydrogen-bond donors (Lipinski definition) is 0. The molecule has 0 amide bonds. The van der Waals surface area contributed by atoms with E-state index in [2.05, 4.69) is 33.1 Å². The Bertz CT molecular complexity index is 922. The van der Waals surface area contributed by atoms with Crippen molar-refractivity contribution in [3.8, 4) is 21.1 Å². The third-order valence-corrected chi connectivity index (χ3v) is 5.18. The van der Waals surface area contributed by atoms with Gasteiger partial charge in [0.1, 0.15) is 23.5 Å². The number of nitrogens with zero attached hydrogens (tertiary/aromatic N) is 5. The number of fused-ring (bicyclic) bond motifs is 1. The summed E-state index contributed by atoms with van der Waals surface area (Å²) in [4.78, 5) is 21.7. The van der Waals surface area contributed by atoms with Crippen LogP contribution in [0.2, 0.25) is 0 Å². The predicted octanol–water partition coefficient (Wildman–Crippen LogP) is 3.46. The molecule has 0 bridgehead atoms. The van der Waals surface area contributed by atoms with E-state index in [1.807, 2.05) is 30.6 Å². The molecule has 25 heavy (non-hydrogen) atoms. The minimum Gasteiger partial charge on any atom is -0.399 e. The molecule has 126 valence electrons. The number of rotatable bonds is 3. The molecule has 0 N–H and O–H groups in total. The first kappa shape index (κ1) is 15.7. The summed E-state index contributed by atoms with van der Waals surface area (Å²) < 4.78 is 0. The summed E-state index contributed by atoms with van der Waals surface area (Å²) >= 11 is 1.61. The second kappa shape index (κ2) is 6.60. The molecule has 0 unspecified atom stereocenters. The number of pyridine rings is 2. The fraction of sp³-hybridized carbons (Fsp3) is 0.222. The van der Waals surface area contributed by atoms with Crippen LogP contribution in [0, 0.1) is 0 Å². The van der Waals surface area contributed by atoms with Crippen LogP contribution in [0.25, 0.3) is 21.1 Å². The summed E-state index contributed by atoms with van der Waals surface area (Å²) in [5.41, 5.74) is 4.74. The highest BCUT2D eigenvalue weighted by atomic mass is 32.1. The monoisotopic (exact) mass is 351 g/mol. The molecule has 4 heterocycles. The van der Waals surface area contributed by atoms with Crippen LogP contribution in [-0.2, 0) is 4.84 Å². The topological polar surface area (TPSA) is 63.5 Å². The van der Waals surface area contributed by atoms with Crippen LogP contribution in [-0.4, -0.2) is 41.4 Å². The molecule has 0 saturated carbocycles. The van der Waals surface area contributed by atoms with E-state index < -0.39 is 0 Å².